The van der Waals surface area contributed by atoms with Crippen molar-refractivity contribution in [3.8, 4) is 6.07 Å². The SMILES string of the molecule is C=C(C#N)CN1Cc2c(C)cc(N)cc2C1=O. The van der Waals surface area contributed by atoms with Crippen molar-refractivity contribution in [1.82, 2.24) is 4.90 Å². The minimum atomic E-state index is -0.0770. The molecular weight excluding hydrogens is 214 g/mol. The summed E-state index contributed by atoms with van der Waals surface area (Å²) in [6, 6.07) is 5.50. The van der Waals surface area contributed by atoms with Crippen LogP contribution in [0.2, 0.25) is 0 Å². The number of nitrogen functional groups attached to an aromatic ring is 1. The number of anilines is 1. The van der Waals surface area contributed by atoms with Crippen LogP contribution in [0, 0.1) is 18.3 Å². The fraction of sp³-hybridized carbons (Fsp3) is 0.231. The Labute approximate surface area is 99.9 Å². The molecule has 17 heavy (non-hydrogen) atoms. The summed E-state index contributed by atoms with van der Waals surface area (Å²) >= 11 is 0. The van der Waals surface area contributed by atoms with E-state index in [2.05, 4.69) is 6.58 Å². The Balaban J connectivity index is 2.33. The minimum absolute atomic E-state index is 0.0770. The summed E-state index contributed by atoms with van der Waals surface area (Å²) in [6.45, 7) is 6.34. The Morgan fingerprint density at radius 1 is 1.65 bits per heavy atom. The minimum Gasteiger partial charge on any atom is -0.399 e. The van der Waals surface area contributed by atoms with Crippen molar-refractivity contribution < 1.29 is 4.79 Å². The lowest BCUT2D eigenvalue weighted by Crippen LogP contribution is -2.25. The predicted octanol–water partition coefficient (Wildman–Crippen LogP) is 1.61. The molecule has 4 nitrogen and oxygen atoms in total. The van der Waals surface area contributed by atoms with Gasteiger partial charge in [-0.05, 0) is 30.2 Å². The van der Waals surface area contributed by atoms with Gasteiger partial charge in [0, 0.05) is 23.4 Å². The van der Waals surface area contributed by atoms with Crippen molar-refractivity contribution in [1.29, 1.82) is 5.26 Å². The van der Waals surface area contributed by atoms with Crippen LogP contribution in [0.3, 0.4) is 0 Å². The van der Waals surface area contributed by atoms with Gasteiger partial charge in [-0.3, -0.25) is 4.79 Å². The second kappa shape index (κ2) is 3.95. The number of nitriles is 1. The number of hydrogen-bond acceptors (Lipinski definition) is 3. The molecule has 2 rings (SSSR count). The van der Waals surface area contributed by atoms with Gasteiger partial charge >= 0.3 is 0 Å². The number of amides is 1. The van der Waals surface area contributed by atoms with Gasteiger partial charge in [0.15, 0.2) is 0 Å². The molecule has 1 amide bonds. The number of carbonyl (C=O) groups excluding carboxylic acids is 1. The first kappa shape index (κ1) is 11.2. The molecule has 1 aliphatic rings. The highest BCUT2D eigenvalue weighted by atomic mass is 16.2. The molecule has 1 aliphatic heterocycles. The van der Waals surface area contributed by atoms with Crippen molar-refractivity contribution >= 4 is 11.6 Å². The van der Waals surface area contributed by atoms with Gasteiger partial charge in [0.05, 0.1) is 12.6 Å². The maximum absolute atomic E-state index is 12.1. The van der Waals surface area contributed by atoms with E-state index in [1.54, 1.807) is 11.0 Å². The zero-order valence-electron chi connectivity index (χ0n) is 9.66. The molecule has 1 aromatic rings. The van der Waals surface area contributed by atoms with Gasteiger partial charge in [0.1, 0.15) is 0 Å². The predicted molar refractivity (Wildman–Crippen MR) is 65.1 cm³/mol. The van der Waals surface area contributed by atoms with Gasteiger partial charge in [-0.2, -0.15) is 5.26 Å². The molecule has 2 N–H and O–H groups in total. The zero-order valence-corrected chi connectivity index (χ0v) is 9.66. The zero-order chi connectivity index (χ0) is 12.6. The van der Waals surface area contributed by atoms with E-state index in [0.717, 1.165) is 11.1 Å². The smallest absolute Gasteiger partial charge is 0.254 e. The number of aryl methyl sites for hydroxylation is 1. The highest BCUT2D eigenvalue weighted by molar-refractivity contribution is 5.99. The monoisotopic (exact) mass is 227 g/mol. The summed E-state index contributed by atoms with van der Waals surface area (Å²) in [6.07, 6.45) is 0. The first-order chi connectivity index (χ1) is 8.02. The van der Waals surface area contributed by atoms with E-state index < -0.39 is 0 Å². The molecule has 0 radical (unpaired) electrons. The lowest BCUT2D eigenvalue weighted by atomic mass is 10.0. The molecule has 0 spiro atoms. The fourth-order valence-corrected chi connectivity index (χ4v) is 2.07. The van der Waals surface area contributed by atoms with E-state index in [1.165, 1.54) is 0 Å². The highest BCUT2D eigenvalue weighted by Crippen LogP contribution is 2.28. The van der Waals surface area contributed by atoms with Crippen LogP contribution in [0.25, 0.3) is 0 Å². The van der Waals surface area contributed by atoms with Gasteiger partial charge in [-0.1, -0.05) is 6.58 Å². The van der Waals surface area contributed by atoms with E-state index in [0.29, 0.717) is 23.4 Å². The highest BCUT2D eigenvalue weighted by Gasteiger charge is 2.28. The second-order valence-corrected chi connectivity index (χ2v) is 4.24. The molecule has 0 bridgehead atoms. The average molecular weight is 227 g/mol. The quantitative estimate of drug-likeness (QED) is 0.616. The van der Waals surface area contributed by atoms with Crippen LogP contribution in [0.15, 0.2) is 24.3 Å². The Kier molecular flexibility index (Phi) is 2.60. The maximum Gasteiger partial charge on any atom is 0.254 e. The molecule has 1 heterocycles. The number of nitrogens with zero attached hydrogens (tertiary/aromatic N) is 2. The van der Waals surface area contributed by atoms with Crippen molar-refractivity contribution in [3.05, 3.63) is 41.0 Å². The van der Waals surface area contributed by atoms with Crippen molar-refractivity contribution in [2.45, 2.75) is 13.5 Å². The molecule has 0 unspecified atom stereocenters. The van der Waals surface area contributed by atoms with E-state index in [4.69, 9.17) is 11.0 Å². The lowest BCUT2D eigenvalue weighted by molar-refractivity contribution is 0.0794. The molecule has 86 valence electrons. The van der Waals surface area contributed by atoms with Crippen LogP contribution in [0.5, 0.6) is 0 Å². The third kappa shape index (κ3) is 1.87. The summed E-state index contributed by atoms with van der Waals surface area (Å²) in [5.74, 6) is -0.0770. The number of rotatable bonds is 2. The summed E-state index contributed by atoms with van der Waals surface area (Å²) in [5, 5.41) is 8.69. The van der Waals surface area contributed by atoms with Crippen LogP contribution >= 0.6 is 0 Å². The number of hydrogen-bond donors (Lipinski definition) is 1. The average Bonchev–Trinajstić information content (AvgIpc) is 2.57. The molecule has 0 fully saturated rings. The lowest BCUT2D eigenvalue weighted by Gasteiger charge is -2.13. The van der Waals surface area contributed by atoms with Crippen molar-refractivity contribution in [2.75, 3.05) is 12.3 Å². The van der Waals surface area contributed by atoms with Crippen molar-refractivity contribution in [2.24, 2.45) is 0 Å². The van der Waals surface area contributed by atoms with Crippen LogP contribution < -0.4 is 5.73 Å². The molecule has 0 saturated carbocycles. The Hall–Kier alpha value is -2.28. The van der Waals surface area contributed by atoms with Crippen molar-refractivity contribution in [3.63, 3.8) is 0 Å². The standard InChI is InChI=1S/C13H13N3O/c1-8(5-14)6-16-7-12-9(2)3-10(15)4-11(12)13(16)17/h3-4H,1,6-7,15H2,2H3. The van der Waals surface area contributed by atoms with E-state index >= 15 is 0 Å². The van der Waals surface area contributed by atoms with E-state index in [-0.39, 0.29) is 12.5 Å². The number of benzene rings is 1. The first-order valence-corrected chi connectivity index (χ1v) is 5.29. The number of carbonyl (C=O) groups is 1. The van der Waals surface area contributed by atoms with Crippen LogP contribution in [0.4, 0.5) is 5.69 Å². The summed E-state index contributed by atoms with van der Waals surface area (Å²) in [4.78, 5) is 13.7. The normalized spacial score (nSPS) is 13.4. The number of nitrogens with two attached hydrogens (primary N) is 1. The van der Waals surface area contributed by atoms with Gasteiger partial charge in [0.25, 0.3) is 5.91 Å². The van der Waals surface area contributed by atoms with Gasteiger partial charge in [0.2, 0.25) is 0 Å². The maximum atomic E-state index is 12.1. The van der Waals surface area contributed by atoms with E-state index in [9.17, 15) is 4.79 Å². The van der Waals surface area contributed by atoms with Crippen LogP contribution in [0.1, 0.15) is 21.5 Å². The van der Waals surface area contributed by atoms with Crippen LogP contribution in [-0.2, 0) is 6.54 Å². The third-order valence-corrected chi connectivity index (χ3v) is 2.90. The second-order valence-electron chi connectivity index (χ2n) is 4.24. The third-order valence-electron chi connectivity index (χ3n) is 2.90. The molecule has 1 aromatic carbocycles. The van der Waals surface area contributed by atoms with Gasteiger partial charge in [-0.15, -0.1) is 0 Å². The molecule has 0 aliphatic carbocycles. The fourth-order valence-electron chi connectivity index (χ4n) is 2.07. The Bertz CT molecular complexity index is 555. The van der Waals surface area contributed by atoms with E-state index in [1.807, 2.05) is 19.1 Å². The molecule has 4 heteroatoms. The summed E-state index contributed by atoms with van der Waals surface area (Å²) < 4.78 is 0. The molecule has 0 atom stereocenters. The van der Waals surface area contributed by atoms with Crippen LogP contribution in [-0.4, -0.2) is 17.4 Å². The molecular formula is C13H13N3O. The molecule has 0 aromatic heterocycles. The first-order valence-electron chi connectivity index (χ1n) is 5.29. The largest absolute Gasteiger partial charge is 0.399 e. The summed E-state index contributed by atoms with van der Waals surface area (Å²) in [5.41, 5.74) is 9.36. The number of fused-ring (bicyclic) bond motifs is 1. The molecule has 0 saturated heterocycles. The van der Waals surface area contributed by atoms with Gasteiger partial charge < -0.3 is 10.6 Å². The Morgan fingerprint density at radius 2 is 2.35 bits per heavy atom. The Morgan fingerprint density at radius 3 is 3.00 bits per heavy atom. The summed E-state index contributed by atoms with van der Waals surface area (Å²) in [7, 11) is 0. The topological polar surface area (TPSA) is 70.1 Å². The van der Waals surface area contributed by atoms with Gasteiger partial charge in [-0.25, -0.2) is 0 Å².